The van der Waals surface area contributed by atoms with Gasteiger partial charge in [0, 0.05) is 10.2 Å². The normalized spacial score (nSPS) is 11.5. The Bertz CT molecular complexity index is 673. The molecule has 0 fully saturated rings. The van der Waals surface area contributed by atoms with Crippen LogP contribution in [0.15, 0.2) is 39.9 Å². The van der Waals surface area contributed by atoms with Crippen molar-refractivity contribution in [2.75, 3.05) is 0 Å². The Balaban J connectivity index is 1.98. The highest BCUT2D eigenvalue weighted by Gasteiger charge is 2.06. The first-order chi connectivity index (χ1) is 9.95. The molecule has 1 aromatic carbocycles. The van der Waals surface area contributed by atoms with Gasteiger partial charge in [-0.2, -0.15) is 10.2 Å². The van der Waals surface area contributed by atoms with Crippen molar-refractivity contribution < 1.29 is 4.79 Å². The van der Waals surface area contributed by atoms with E-state index in [4.69, 9.17) is 0 Å². The molecule has 1 N–H and O–H groups in total. The standard InChI is InChI=1S/C15H17BrN4O/c1-10-8-11(2)20(19-10)9-15(21)18-17-12(3)13-4-6-14(16)7-5-13/h4-8H,9H2,1-3H3,(H,18,21)/b17-12-. The maximum Gasteiger partial charge on any atom is 0.261 e. The third-order valence-electron chi connectivity index (χ3n) is 3.01. The molecule has 0 saturated heterocycles. The fraction of sp³-hybridized carbons (Fsp3) is 0.267. The third-order valence-corrected chi connectivity index (χ3v) is 3.54. The Morgan fingerprint density at radius 1 is 1.33 bits per heavy atom. The molecular weight excluding hydrogens is 332 g/mol. The monoisotopic (exact) mass is 348 g/mol. The van der Waals surface area contributed by atoms with Crippen LogP contribution in [0.2, 0.25) is 0 Å². The number of rotatable bonds is 4. The van der Waals surface area contributed by atoms with E-state index in [-0.39, 0.29) is 12.5 Å². The van der Waals surface area contributed by atoms with Gasteiger partial charge in [-0.25, -0.2) is 5.43 Å². The number of carbonyl (C=O) groups excluding carboxylic acids is 1. The molecule has 2 aromatic rings. The van der Waals surface area contributed by atoms with E-state index in [1.54, 1.807) is 4.68 Å². The molecule has 0 atom stereocenters. The van der Waals surface area contributed by atoms with Crippen LogP contribution in [0.1, 0.15) is 23.9 Å². The number of nitrogens with one attached hydrogen (secondary N) is 1. The van der Waals surface area contributed by atoms with Crippen molar-refractivity contribution in [1.82, 2.24) is 15.2 Å². The first kappa shape index (κ1) is 15.4. The topological polar surface area (TPSA) is 59.3 Å². The summed E-state index contributed by atoms with van der Waals surface area (Å²) in [5.74, 6) is -0.197. The minimum Gasteiger partial charge on any atom is -0.271 e. The number of carbonyl (C=O) groups is 1. The quantitative estimate of drug-likeness (QED) is 0.682. The van der Waals surface area contributed by atoms with Gasteiger partial charge in [0.15, 0.2) is 0 Å². The van der Waals surface area contributed by atoms with Crippen molar-refractivity contribution in [2.24, 2.45) is 5.10 Å². The van der Waals surface area contributed by atoms with Crippen LogP contribution >= 0.6 is 15.9 Å². The minimum atomic E-state index is -0.197. The zero-order chi connectivity index (χ0) is 15.4. The Hall–Kier alpha value is -1.95. The highest BCUT2D eigenvalue weighted by Crippen LogP contribution is 2.11. The predicted molar refractivity (Wildman–Crippen MR) is 86.2 cm³/mol. The third kappa shape index (κ3) is 4.26. The summed E-state index contributed by atoms with van der Waals surface area (Å²) in [5.41, 5.74) is 6.13. The molecule has 0 spiro atoms. The van der Waals surface area contributed by atoms with Crippen molar-refractivity contribution in [3.05, 3.63) is 51.8 Å². The van der Waals surface area contributed by atoms with Gasteiger partial charge in [0.25, 0.3) is 5.91 Å². The molecule has 2 rings (SSSR count). The fourth-order valence-electron chi connectivity index (χ4n) is 1.91. The summed E-state index contributed by atoms with van der Waals surface area (Å²) in [6.07, 6.45) is 0. The van der Waals surface area contributed by atoms with Crippen LogP contribution in [0, 0.1) is 13.8 Å². The van der Waals surface area contributed by atoms with E-state index in [9.17, 15) is 4.79 Å². The van der Waals surface area contributed by atoms with Crippen molar-refractivity contribution in [1.29, 1.82) is 0 Å². The van der Waals surface area contributed by atoms with Crippen molar-refractivity contribution in [2.45, 2.75) is 27.3 Å². The lowest BCUT2D eigenvalue weighted by Crippen LogP contribution is -2.25. The molecule has 0 bridgehead atoms. The van der Waals surface area contributed by atoms with E-state index in [0.29, 0.717) is 0 Å². The lowest BCUT2D eigenvalue weighted by atomic mass is 10.1. The van der Waals surface area contributed by atoms with Crippen LogP contribution in [0.3, 0.4) is 0 Å². The first-order valence-corrected chi connectivity index (χ1v) is 7.35. The van der Waals surface area contributed by atoms with E-state index in [1.807, 2.05) is 51.1 Å². The second kappa shape index (κ2) is 6.67. The Morgan fingerprint density at radius 3 is 2.57 bits per heavy atom. The average Bonchev–Trinajstić information content (AvgIpc) is 2.75. The van der Waals surface area contributed by atoms with Crippen LogP contribution in [-0.2, 0) is 11.3 Å². The van der Waals surface area contributed by atoms with Crippen LogP contribution < -0.4 is 5.43 Å². The molecule has 0 radical (unpaired) electrons. The zero-order valence-corrected chi connectivity index (χ0v) is 13.8. The number of hydrogen-bond donors (Lipinski definition) is 1. The maximum atomic E-state index is 11.9. The summed E-state index contributed by atoms with van der Waals surface area (Å²) >= 11 is 3.38. The highest BCUT2D eigenvalue weighted by atomic mass is 79.9. The van der Waals surface area contributed by atoms with Gasteiger partial charge in [-0.15, -0.1) is 0 Å². The van der Waals surface area contributed by atoms with Crippen LogP contribution in [0.25, 0.3) is 0 Å². The van der Waals surface area contributed by atoms with Crippen molar-refractivity contribution >= 4 is 27.5 Å². The molecule has 6 heteroatoms. The lowest BCUT2D eigenvalue weighted by Gasteiger charge is -2.05. The lowest BCUT2D eigenvalue weighted by molar-refractivity contribution is -0.121. The summed E-state index contributed by atoms with van der Waals surface area (Å²) in [6, 6.07) is 9.69. The Kier molecular flexibility index (Phi) is 4.90. The molecule has 21 heavy (non-hydrogen) atoms. The van der Waals surface area contributed by atoms with E-state index < -0.39 is 0 Å². The smallest absolute Gasteiger partial charge is 0.261 e. The molecule has 1 amide bonds. The van der Waals surface area contributed by atoms with Crippen LogP contribution in [-0.4, -0.2) is 21.4 Å². The molecule has 0 aliphatic heterocycles. The minimum absolute atomic E-state index is 0.163. The van der Waals surface area contributed by atoms with Crippen molar-refractivity contribution in [3.8, 4) is 0 Å². The largest absolute Gasteiger partial charge is 0.271 e. The summed E-state index contributed by atoms with van der Waals surface area (Å²) in [5, 5.41) is 8.36. The van der Waals surface area contributed by atoms with E-state index in [2.05, 4.69) is 31.6 Å². The number of amides is 1. The number of aryl methyl sites for hydroxylation is 2. The summed E-state index contributed by atoms with van der Waals surface area (Å²) < 4.78 is 2.67. The number of hydrazone groups is 1. The van der Waals surface area contributed by atoms with Crippen LogP contribution in [0.5, 0.6) is 0 Å². The van der Waals surface area contributed by atoms with E-state index >= 15 is 0 Å². The Labute approximate surface area is 132 Å². The summed E-state index contributed by atoms with van der Waals surface area (Å²) in [7, 11) is 0. The average molecular weight is 349 g/mol. The molecule has 0 unspecified atom stereocenters. The van der Waals surface area contributed by atoms with Gasteiger partial charge < -0.3 is 0 Å². The number of nitrogens with zero attached hydrogens (tertiary/aromatic N) is 3. The fourth-order valence-corrected chi connectivity index (χ4v) is 2.17. The molecule has 1 aromatic heterocycles. The van der Waals surface area contributed by atoms with Gasteiger partial charge in [-0.3, -0.25) is 9.48 Å². The zero-order valence-electron chi connectivity index (χ0n) is 12.2. The van der Waals surface area contributed by atoms with Gasteiger partial charge in [0.2, 0.25) is 0 Å². The maximum absolute atomic E-state index is 11.9. The number of aromatic nitrogens is 2. The highest BCUT2D eigenvalue weighted by molar-refractivity contribution is 9.10. The number of halogens is 1. The molecule has 0 aliphatic carbocycles. The molecular formula is C15H17BrN4O. The molecule has 110 valence electrons. The molecule has 0 saturated carbocycles. The Morgan fingerprint density at radius 2 is 2.00 bits per heavy atom. The van der Waals surface area contributed by atoms with Gasteiger partial charge in [-0.05, 0) is 44.5 Å². The van der Waals surface area contributed by atoms with Gasteiger partial charge in [0.1, 0.15) is 6.54 Å². The molecule has 5 nitrogen and oxygen atoms in total. The van der Waals surface area contributed by atoms with Gasteiger partial charge in [-0.1, -0.05) is 28.1 Å². The molecule has 0 aliphatic rings. The summed E-state index contributed by atoms with van der Waals surface area (Å²) in [4.78, 5) is 11.9. The number of benzene rings is 1. The van der Waals surface area contributed by atoms with Gasteiger partial charge in [0.05, 0.1) is 11.4 Å². The summed E-state index contributed by atoms with van der Waals surface area (Å²) in [6.45, 7) is 5.84. The van der Waals surface area contributed by atoms with E-state index in [0.717, 1.165) is 27.1 Å². The second-order valence-corrected chi connectivity index (χ2v) is 5.74. The SMILES string of the molecule is C/C(=N/NC(=O)Cn1nc(C)cc1C)c1ccc(Br)cc1. The molecule has 1 heterocycles. The van der Waals surface area contributed by atoms with Gasteiger partial charge >= 0.3 is 0 Å². The predicted octanol–water partition coefficient (Wildman–Crippen LogP) is 2.80. The van der Waals surface area contributed by atoms with Crippen LogP contribution in [0.4, 0.5) is 0 Å². The number of hydrogen-bond acceptors (Lipinski definition) is 3. The second-order valence-electron chi connectivity index (χ2n) is 4.82. The van der Waals surface area contributed by atoms with Crippen molar-refractivity contribution in [3.63, 3.8) is 0 Å². The first-order valence-electron chi connectivity index (χ1n) is 6.56. The van der Waals surface area contributed by atoms with E-state index in [1.165, 1.54) is 0 Å².